The minimum absolute atomic E-state index is 0.218. The molecule has 2 aliphatic rings. The Morgan fingerprint density at radius 2 is 2.39 bits per heavy atom. The average Bonchev–Trinajstić information content (AvgIpc) is 2.99. The molecule has 3 N–H and O–H groups in total. The number of anilines is 2. The molecule has 7 nitrogen and oxygen atoms in total. The molecule has 1 fully saturated rings. The molecule has 1 aromatic rings. The quantitative estimate of drug-likeness (QED) is 0.742. The molecule has 0 aliphatic carbocycles. The van der Waals surface area contributed by atoms with E-state index in [4.69, 9.17) is 15.2 Å². The van der Waals surface area contributed by atoms with E-state index in [0.29, 0.717) is 11.9 Å². The first-order chi connectivity index (χ1) is 11.3. The van der Waals surface area contributed by atoms with Gasteiger partial charge in [0.15, 0.2) is 0 Å². The Bertz CT molecular complexity index is 551. The minimum Gasteiger partial charge on any atom is -0.384 e. The highest BCUT2D eigenvalue weighted by molar-refractivity contribution is 5.48. The molecule has 3 rings (SSSR count). The molecule has 0 spiro atoms. The Hall–Kier alpha value is -1.70. The van der Waals surface area contributed by atoms with Gasteiger partial charge < -0.3 is 25.4 Å². The van der Waals surface area contributed by atoms with Gasteiger partial charge in [0.1, 0.15) is 18.0 Å². The lowest BCUT2D eigenvalue weighted by atomic mass is 10.1. The van der Waals surface area contributed by atoms with Crippen LogP contribution in [-0.4, -0.2) is 62.1 Å². The largest absolute Gasteiger partial charge is 0.384 e. The van der Waals surface area contributed by atoms with E-state index >= 15 is 0 Å². The van der Waals surface area contributed by atoms with Crippen LogP contribution in [0.25, 0.3) is 0 Å². The molecule has 126 valence electrons. The van der Waals surface area contributed by atoms with Crippen molar-refractivity contribution >= 4 is 11.6 Å². The Morgan fingerprint density at radius 3 is 3.13 bits per heavy atom. The van der Waals surface area contributed by atoms with Gasteiger partial charge in [0, 0.05) is 38.9 Å². The van der Waals surface area contributed by atoms with Crippen molar-refractivity contribution in [3.8, 4) is 0 Å². The van der Waals surface area contributed by atoms with Crippen LogP contribution in [0.3, 0.4) is 0 Å². The summed E-state index contributed by atoms with van der Waals surface area (Å²) in [6.45, 7) is 4.15. The van der Waals surface area contributed by atoms with Crippen LogP contribution in [0.2, 0.25) is 0 Å². The maximum atomic E-state index is 5.79. The van der Waals surface area contributed by atoms with Crippen molar-refractivity contribution in [2.24, 2.45) is 0 Å². The number of aromatic nitrogens is 2. The van der Waals surface area contributed by atoms with Gasteiger partial charge in [-0.15, -0.1) is 0 Å². The fourth-order valence-electron chi connectivity index (χ4n) is 3.17. The van der Waals surface area contributed by atoms with E-state index in [1.54, 1.807) is 7.11 Å². The zero-order valence-electron chi connectivity index (χ0n) is 13.6. The van der Waals surface area contributed by atoms with Crippen LogP contribution in [0, 0.1) is 0 Å². The minimum atomic E-state index is 0.218. The van der Waals surface area contributed by atoms with Crippen LogP contribution in [-0.2, 0) is 9.47 Å². The first kappa shape index (κ1) is 16.2. The average molecular weight is 319 g/mol. The number of methoxy groups -OCH3 is 1. The Kier molecular flexibility index (Phi) is 5.43. The van der Waals surface area contributed by atoms with Crippen molar-refractivity contribution in [2.45, 2.75) is 25.0 Å². The second kappa shape index (κ2) is 7.72. The zero-order valence-corrected chi connectivity index (χ0v) is 13.6. The fraction of sp³-hybridized carbons (Fsp3) is 0.625. The van der Waals surface area contributed by atoms with Crippen molar-refractivity contribution in [3.05, 3.63) is 24.0 Å². The van der Waals surface area contributed by atoms with Crippen LogP contribution >= 0.6 is 0 Å². The van der Waals surface area contributed by atoms with Gasteiger partial charge in [-0.2, -0.15) is 0 Å². The normalized spacial score (nSPS) is 24.7. The summed E-state index contributed by atoms with van der Waals surface area (Å²) in [6, 6.07) is 2.15. The van der Waals surface area contributed by atoms with Gasteiger partial charge >= 0.3 is 0 Å². The second-order valence-corrected chi connectivity index (χ2v) is 6.04. The third kappa shape index (κ3) is 4.19. The van der Waals surface area contributed by atoms with E-state index in [-0.39, 0.29) is 6.10 Å². The van der Waals surface area contributed by atoms with Crippen molar-refractivity contribution in [1.82, 2.24) is 15.3 Å². The first-order valence-electron chi connectivity index (χ1n) is 8.09. The zero-order chi connectivity index (χ0) is 16.1. The number of hydrogen-bond acceptors (Lipinski definition) is 7. The molecule has 0 radical (unpaired) electrons. The molecule has 2 atom stereocenters. The molecule has 1 saturated heterocycles. The molecular formula is C16H25N5O2. The van der Waals surface area contributed by atoms with Gasteiger partial charge in [-0.05, 0) is 18.4 Å². The summed E-state index contributed by atoms with van der Waals surface area (Å²) in [5, 5.41) is 3.54. The Morgan fingerprint density at radius 1 is 1.48 bits per heavy atom. The second-order valence-electron chi connectivity index (χ2n) is 6.04. The molecule has 7 heteroatoms. The van der Waals surface area contributed by atoms with E-state index in [9.17, 15) is 0 Å². The van der Waals surface area contributed by atoms with Crippen LogP contribution in [0.1, 0.15) is 12.8 Å². The molecule has 0 aromatic carbocycles. The van der Waals surface area contributed by atoms with Crippen LogP contribution in [0.4, 0.5) is 11.6 Å². The van der Waals surface area contributed by atoms with Gasteiger partial charge in [0.25, 0.3) is 0 Å². The predicted octanol–water partition coefficient (Wildman–Crippen LogP) is 0.589. The molecule has 23 heavy (non-hydrogen) atoms. The molecule has 0 saturated carbocycles. The van der Waals surface area contributed by atoms with E-state index in [0.717, 1.165) is 51.5 Å². The highest BCUT2D eigenvalue weighted by Crippen LogP contribution is 2.25. The molecular weight excluding hydrogens is 294 g/mol. The van der Waals surface area contributed by atoms with Gasteiger partial charge in [0.2, 0.25) is 0 Å². The number of ether oxygens (including phenoxy) is 2. The highest BCUT2D eigenvalue weighted by atomic mass is 16.5. The van der Waals surface area contributed by atoms with Gasteiger partial charge in [-0.1, -0.05) is 6.08 Å². The molecule has 3 heterocycles. The lowest BCUT2D eigenvalue weighted by molar-refractivity contribution is 0.118. The first-order valence-corrected chi connectivity index (χ1v) is 8.09. The molecule has 2 aliphatic heterocycles. The maximum Gasteiger partial charge on any atom is 0.134 e. The summed E-state index contributed by atoms with van der Waals surface area (Å²) in [4.78, 5) is 10.6. The smallest absolute Gasteiger partial charge is 0.134 e. The lowest BCUT2D eigenvalue weighted by Gasteiger charge is -2.26. The summed E-state index contributed by atoms with van der Waals surface area (Å²) < 4.78 is 11.0. The summed E-state index contributed by atoms with van der Waals surface area (Å²) in [5.41, 5.74) is 7.12. The SMILES string of the molecule is CO[C@@H]1C[C@H](CNCC2=CCCOC2)N(c2cc(N)ncn2)C1. The van der Waals surface area contributed by atoms with Gasteiger partial charge in [-0.25, -0.2) is 9.97 Å². The summed E-state index contributed by atoms with van der Waals surface area (Å²) in [5.74, 6) is 1.36. The van der Waals surface area contributed by atoms with Gasteiger partial charge in [-0.3, -0.25) is 0 Å². The molecule has 0 bridgehead atoms. The van der Waals surface area contributed by atoms with E-state index in [1.807, 2.05) is 6.07 Å². The summed E-state index contributed by atoms with van der Waals surface area (Å²) >= 11 is 0. The lowest BCUT2D eigenvalue weighted by Crippen LogP contribution is -2.39. The van der Waals surface area contributed by atoms with Crippen molar-refractivity contribution in [1.29, 1.82) is 0 Å². The standard InChI is InChI=1S/C16H25N5O2/c1-22-14-5-13(8-18-7-12-3-2-4-23-10-12)21(9-14)16-6-15(17)19-11-20-16/h3,6,11,13-14,18H,2,4-5,7-10H2,1H3,(H2,17,19,20)/t13-,14-/m1/s1. The highest BCUT2D eigenvalue weighted by Gasteiger charge is 2.32. The van der Waals surface area contributed by atoms with Crippen molar-refractivity contribution in [2.75, 3.05) is 50.6 Å². The molecule has 1 aromatic heterocycles. The molecule has 0 amide bonds. The van der Waals surface area contributed by atoms with E-state index < -0.39 is 0 Å². The molecule has 0 unspecified atom stereocenters. The predicted molar refractivity (Wildman–Crippen MR) is 89.4 cm³/mol. The monoisotopic (exact) mass is 319 g/mol. The fourth-order valence-corrected chi connectivity index (χ4v) is 3.17. The number of rotatable bonds is 6. The van der Waals surface area contributed by atoms with Crippen LogP contribution in [0.15, 0.2) is 24.0 Å². The number of hydrogen-bond donors (Lipinski definition) is 2. The number of nitrogens with two attached hydrogens (primary N) is 1. The third-order valence-corrected chi connectivity index (χ3v) is 4.39. The van der Waals surface area contributed by atoms with Crippen LogP contribution < -0.4 is 16.0 Å². The topological polar surface area (TPSA) is 85.5 Å². The van der Waals surface area contributed by atoms with E-state index in [1.165, 1.54) is 11.9 Å². The summed E-state index contributed by atoms with van der Waals surface area (Å²) in [7, 11) is 1.76. The number of nitrogens with zero attached hydrogens (tertiary/aromatic N) is 3. The third-order valence-electron chi connectivity index (χ3n) is 4.39. The maximum absolute atomic E-state index is 5.79. The van der Waals surface area contributed by atoms with Crippen molar-refractivity contribution in [3.63, 3.8) is 0 Å². The Balaban J connectivity index is 1.60. The van der Waals surface area contributed by atoms with E-state index in [2.05, 4.69) is 26.3 Å². The number of nitrogen functional groups attached to an aromatic ring is 1. The summed E-state index contributed by atoms with van der Waals surface area (Å²) in [6.07, 6.45) is 5.99. The van der Waals surface area contributed by atoms with Crippen molar-refractivity contribution < 1.29 is 9.47 Å². The Labute approximate surface area is 136 Å². The number of nitrogens with one attached hydrogen (secondary N) is 1. The van der Waals surface area contributed by atoms with Crippen LogP contribution in [0.5, 0.6) is 0 Å². The van der Waals surface area contributed by atoms with Gasteiger partial charge in [0.05, 0.1) is 19.3 Å².